The van der Waals surface area contributed by atoms with Crippen LogP contribution < -0.4 is 5.32 Å². The zero-order chi connectivity index (χ0) is 18.6. The van der Waals surface area contributed by atoms with E-state index in [2.05, 4.69) is 5.32 Å². The van der Waals surface area contributed by atoms with E-state index in [1.165, 1.54) is 44.4 Å². The fraction of sp³-hybridized carbons (Fsp3) is 0.118. The molecule has 0 atom stereocenters. The highest BCUT2D eigenvalue weighted by molar-refractivity contribution is 7.89. The van der Waals surface area contributed by atoms with Crippen molar-refractivity contribution in [2.45, 2.75) is 4.90 Å². The molecule has 1 amide bonds. The van der Waals surface area contributed by atoms with Crippen LogP contribution in [0, 0.1) is 0 Å². The number of anilines is 1. The van der Waals surface area contributed by atoms with E-state index in [4.69, 9.17) is 23.2 Å². The predicted molar refractivity (Wildman–Crippen MR) is 101 cm³/mol. The van der Waals surface area contributed by atoms with Gasteiger partial charge in [0.1, 0.15) is 0 Å². The summed E-state index contributed by atoms with van der Waals surface area (Å²) in [4.78, 5) is 12.1. The first-order chi connectivity index (χ1) is 11.7. The summed E-state index contributed by atoms with van der Waals surface area (Å²) in [6.45, 7) is 0. The Bertz CT molecular complexity index is 908. The molecular weight excluding hydrogens is 383 g/mol. The van der Waals surface area contributed by atoms with Gasteiger partial charge in [-0.15, -0.1) is 0 Å². The topological polar surface area (TPSA) is 66.5 Å². The van der Waals surface area contributed by atoms with Crippen LogP contribution in [0.4, 0.5) is 5.69 Å². The van der Waals surface area contributed by atoms with Crippen molar-refractivity contribution in [1.29, 1.82) is 0 Å². The Morgan fingerprint density at radius 1 is 1.08 bits per heavy atom. The van der Waals surface area contributed by atoms with Crippen molar-refractivity contribution in [3.05, 3.63) is 64.1 Å². The molecule has 0 heterocycles. The normalized spacial score (nSPS) is 11.9. The van der Waals surface area contributed by atoms with Crippen molar-refractivity contribution in [1.82, 2.24) is 4.31 Å². The number of halogens is 2. The molecule has 2 aromatic rings. The summed E-state index contributed by atoms with van der Waals surface area (Å²) < 4.78 is 25.1. The van der Waals surface area contributed by atoms with E-state index < -0.39 is 10.0 Å². The van der Waals surface area contributed by atoms with Gasteiger partial charge in [-0.2, -0.15) is 0 Å². The minimum absolute atomic E-state index is 0.152. The molecule has 0 aliphatic rings. The van der Waals surface area contributed by atoms with Crippen LogP contribution in [0.15, 0.2) is 53.4 Å². The Morgan fingerprint density at radius 3 is 2.28 bits per heavy atom. The van der Waals surface area contributed by atoms with E-state index in [0.29, 0.717) is 21.3 Å². The Morgan fingerprint density at radius 2 is 1.72 bits per heavy atom. The molecule has 0 spiro atoms. The van der Waals surface area contributed by atoms with Gasteiger partial charge >= 0.3 is 0 Å². The number of amides is 1. The largest absolute Gasteiger partial charge is 0.323 e. The van der Waals surface area contributed by atoms with Crippen LogP contribution in [0.2, 0.25) is 10.0 Å². The van der Waals surface area contributed by atoms with Crippen LogP contribution in [-0.2, 0) is 14.8 Å². The third-order valence-electron chi connectivity index (χ3n) is 3.28. The second-order valence-electron chi connectivity index (χ2n) is 5.30. The third kappa shape index (κ3) is 5.06. The molecule has 2 aromatic carbocycles. The molecule has 0 bridgehead atoms. The number of nitrogens with zero attached hydrogens (tertiary/aromatic N) is 1. The summed E-state index contributed by atoms with van der Waals surface area (Å²) in [5.74, 6) is -0.366. The summed E-state index contributed by atoms with van der Waals surface area (Å²) in [5, 5.41) is 3.60. The van der Waals surface area contributed by atoms with Gasteiger partial charge in [0.2, 0.25) is 15.9 Å². The first-order valence-electron chi connectivity index (χ1n) is 7.17. The average Bonchev–Trinajstić information content (AvgIpc) is 2.54. The molecule has 0 fully saturated rings. The van der Waals surface area contributed by atoms with Crippen LogP contribution in [0.5, 0.6) is 0 Å². The van der Waals surface area contributed by atoms with Gasteiger partial charge in [0, 0.05) is 35.9 Å². The number of carbonyl (C=O) groups is 1. The van der Waals surface area contributed by atoms with E-state index in [-0.39, 0.29) is 10.8 Å². The molecule has 2 rings (SSSR count). The van der Waals surface area contributed by atoms with Crippen LogP contribution in [0.3, 0.4) is 0 Å². The van der Waals surface area contributed by atoms with Gasteiger partial charge in [0.25, 0.3) is 0 Å². The zero-order valence-corrected chi connectivity index (χ0v) is 15.9. The molecule has 0 aliphatic heterocycles. The number of benzene rings is 2. The molecule has 5 nitrogen and oxygen atoms in total. The molecule has 0 saturated heterocycles. The number of nitrogens with one attached hydrogen (secondary N) is 1. The quantitative estimate of drug-likeness (QED) is 0.776. The molecule has 0 aliphatic carbocycles. The Labute approximate surface area is 156 Å². The van der Waals surface area contributed by atoms with Crippen molar-refractivity contribution in [2.75, 3.05) is 19.4 Å². The number of rotatable bonds is 5. The second-order valence-corrected chi connectivity index (χ2v) is 8.30. The lowest BCUT2D eigenvalue weighted by Gasteiger charge is -2.11. The SMILES string of the molecule is CN(C)S(=O)(=O)c1ccc(NC(=O)C=Cc2ccc(Cl)cc2Cl)cc1. The Kier molecular flexibility index (Phi) is 6.24. The van der Waals surface area contributed by atoms with E-state index in [1.807, 2.05) is 0 Å². The maximum Gasteiger partial charge on any atom is 0.248 e. The van der Waals surface area contributed by atoms with Gasteiger partial charge in [-0.05, 0) is 48.0 Å². The molecule has 132 valence electrons. The molecule has 8 heteroatoms. The van der Waals surface area contributed by atoms with Gasteiger partial charge < -0.3 is 5.32 Å². The van der Waals surface area contributed by atoms with Gasteiger partial charge in [0.05, 0.1) is 4.90 Å². The molecule has 0 saturated carbocycles. The van der Waals surface area contributed by atoms with Crippen molar-refractivity contribution >= 4 is 50.9 Å². The molecule has 1 N–H and O–H groups in total. The lowest BCUT2D eigenvalue weighted by Crippen LogP contribution is -2.22. The summed E-state index contributed by atoms with van der Waals surface area (Å²) in [6, 6.07) is 10.9. The first kappa shape index (κ1) is 19.5. The van der Waals surface area contributed by atoms with Crippen molar-refractivity contribution in [2.24, 2.45) is 0 Å². The van der Waals surface area contributed by atoms with Gasteiger partial charge in [-0.3, -0.25) is 4.79 Å². The molecule has 0 radical (unpaired) electrons. The lowest BCUT2D eigenvalue weighted by atomic mass is 10.2. The minimum Gasteiger partial charge on any atom is -0.323 e. The summed E-state index contributed by atoms with van der Waals surface area (Å²) >= 11 is 11.8. The van der Waals surface area contributed by atoms with E-state index in [9.17, 15) is 13.2 Å². The van der Waals surface area contributed by atoms with Crippen LogP contribution in [0.25, 0.3) is 6.08 Å². The summed E-state index contributed by atoms with van der Waals surface area (Å²) in [7, 11) is -0.583. The highest BCUT2D eigenvalue weighted by Gasteiger charge is 2.16. The van der Waals surface area contributed by atoms with Gasteiger partial charge in [0.15, 0.2) is 0 Å². The maximum atomic E-state index is 12.0. The fourth-order valence-corrected chi connectivity index (χ4v) is 3.28. The molecule has 25 heavy (non-hydrogen) atoms. The smallest absolute Gasteiger partial charge is 0.248 e. The molecule has 0 aromatic heterocycles. The number of hydrogen-bond donors (Lipinski definition) is 1. The number of carbonyl (C=O) groups excluding carboxylic acids is 1. The maximum absolute atomic E-state index is 12.0. The van der Waals surface area contributed by atoms with Gasteiger partial charge in [-0.1, -0.05) is 29.3 Å². The number of sulfonamides is 1. The second kappa shape index (κ2) is 8.01. The van der Waals surface area contributed by atoms with E-state index >= 15 is 0 Å². The van der Waals surface area contributed by atoms with Crippen LogP contribution in [0.1, 0.15) is 5.56 Å². The van der Waals surface area contributed by atoms with E-state index in [0.717, 1.165) is 4.31 Å². The highest BCUT2D eigenvalue weighted by Crippen LogP contribution is 2.22. The Hall–Kier alpha value is -1.86. The number of hydrogen-bond acceptors (Lipinski definition) is 3. The monoisotopic (exact) mass is 398 g/mol. The average molecular weight is 399 g/mol. The summed E-state index contributed by atoms with van der Waals surface area (Å²) in [6.07, 6.45) is 2.90. The molecule has 0 unspecified atom stereocenters. The van der Waals surface area contributed by atoms with Gasteiger partial charge in [-0.25, -0.2) is 12.7 Å². The van der Waals surface area contributed by atoms with Crippen molar-refractivity contribution in [3.8, 4) is 0 Å². The van der Waals surface area contributed by atoms with Crippen molar-refractivity contribution < 1.29 is 13.2 Å². The molecular formula is C17H16Cl2N2O3S. The third-order valence-corrected chi connectivity index (χ3v) is 5.67. The fourth-order valence-electron chi connectivity index (χ4n) is 1.91. The Balaban J connectivity index is 2.07. The first-order valence-corrected chi connectivity index (χ1v) is 9.36. The lowest BCUT2D eigenvalue weighted by molar-refractivity contribution is -0.111. The zero-order valence-electron chi connectivity index (χ0n) is 13.5. The van der Waals surface area contributed by atoms with Crippen LogP contribution in [-0.4, -0.2) is 32.7 Å². The van der Waals surface area contributed by atoms with E-state index in [1.54, 1.807) is 24.3 Å². The highest BCUT2D eigenvalue weighted by atomic mass is 35.5. The van der Waals surface area contributed by atoms with Crippen LogP contribution >= 0.6 is 23.2 Å². The predicted octanol–water partition coefficient (Wildman–Crippen LogP) is 3.90. The summed E-state index contributed by atoms with van der Waals surface area (Å²) in [5.41, 5.74) is 1.14. The minimum atomic E-state index is -3.50. The van der Waals surface area contributed by atoms with Crippen molar-refractivity contribution in [3.63, 3.8) is 0 Å². The standard InChI is InChI=1S/C17H16Cl2N2O3S/c1-21(2)25(23,24)15-8-6-14(7-9-15)20-17(22)10-4-12-3-5-13(18)11-16(12)19/h3-11H,1-2H3,(H,20,22).